The van der Waals surface area contributed by atoms with Crippen LogP contribution in [-0.2, 0) is 19.1 Å². The molecule has 3 aromatic carbocycles. The number of rotatable bonds is 5. The summed E-state index contributed by atoms with van der Waals surface area (Å²) in [5.74, 6) is 0.490. The second-order valence-electron chi connectivity index (χ2n) is 11.5. The molecule has 39 heavy (non-hydrogen) atoms. The Hall–Kier alpha value is -3.38. The molecular weight excluding hydrogens is 499 g/mol. The Bertz CT molecular complexity index is 1390. The van der Waals surface area contributed by atoms with Crippen LogP contribution >= 0.6 is 0 Å². The van der Waals surface area contributed by atoms with Gasteiger partial charge in [-0.25, -0.2) is 4.79 Å². The molecule has 0 fully saturated rings. The lowest BCUT2D eigenvalue weighted by atomic mass is 9.68. The molecule has 0 radical (unpaired) electrons. The molecule has 0 spiro atoms. The highest BCUT2D eigenvalue weighted by molar-refractivity contribution is 5.98. The summed E-state index contributed by atoms with van der Waals surface area (Å²) in [7, 11) is 0. The van der Waals surface area contributed by atoms with Gasteiger partial charge in [0.1, 0.15) is 5.75 Å². The van der Waals surface area contributed by atoms with Gasteiger partial charge in [0.25, 0.3) is 0 Å². The molecule has 204 valence electrons. The Labute approximate surface area is 228 Å². The highest BCUT2D eigenvalue weighted by atomic mass is 19.4. The number of hydrogen-bond acceptors (Lipinski definition) is 3. The molecule has 0 aromatic heterocycles. The van der Waals surface area contributed by atoms with Gasteiger partial charge in [0, 0.05) is 19.6 Å². The maximum Gasteiger partial charge on any atom is 0.416 e. The zero-order chi connectivity index (χ0) is 27.8. The van der Waals surface area contributed by atoms with Crippen LogP contribution < -0.4 is 4.74 Å². The van der Waals surface area contributed by atoms with Gasteiger partial charge in [-0.3, -0.25) is 4.90 Å². The fraction of sp³-hybridized carbons (Fsp3) is 0.364. The minimum atomic E-state index is -4.41. The number of benzene rings is 3. The third-order valence-electron chi connectivity index (χ3n) is 8.34. The van der Waals surface area contributed by atoms with Gasteiger partial charge in [0.05, 0.1) is 11.1 Å². The lowest BCUT2D eigenvalue weighted by molar-refractivity contribution is -0.137. The highest BCUT2D eigenvalue weighted by Crippen LogP contribution is 2.42. The Balaban J connectivity index is 1.29. The van der Waals surface area contributed by atoms with Crippen molar-refractivity contribution < 1.29 is 22.7 Å². The van der Waals surface area contributed by atoms with Crippen molar-refractivity contribution >= 4 is 5.97 Å². The normalized spacial score (nSPS) is 19.2. The number of fused-ring (bicyclic) bond motifs is 1. The van der Waals surface area contributed by atoms with Crippen molar-refractivity contribution in [2.45, 2.75) is 52.8 Å². The molecule has 0 bridgehead atoms. The van der Waals surface area contributed by atoms with E-state index in [-0.39, 0.29) is 0 Å². The predicted octanol–water partition coefficient (Wildman–Crippen LogP) is 8.33. The average molecular weight is 534 g/mol. The van der Waals surface area contributed by atoms with E-state index in [1.54, 1.807) is 24.3 Å². The summed E-state index contributed by atoms with van der Waals surface area (Å²) in [6.07, 6.45) is 1.25. The molecule has 2 aliphatic rings. The average Bonchev–Trinajstić information content (AvgIpc) is 2.90. The number of allylic oxidation sites excluding steroid dienone is 1. The van der Waals surface area contributed by atoms with Gasteiger partial charge in [-0.1, -0.05) is 61.9 Å². The van der Waals surface area contributed by atoms with E-state index in [9.17, 15) is 18.0 Å². The minimum Gasteiger partial charge on any atom is -0.423 e. The van der Waals surface area contributed by atoms with Gasteiger partial charge in [0.2, 0.25) is 0 Å². The Morgan fingerprint density at radius 3 is 2.49 bits per heavy atom. The lowest BCUT2D eigenvalue weighted by Crippen LogP contribution is -2.41. The van der Waals surface area contributed by atoms with E-state index in [4.69, 9.17) is 4.74 Å². The molecule has 1 aliphatic heterocycles. The number of alkyl halides is 3. The molecule has 3 nitrogen and oxygen atoms in total. The van der Waals surface area contributed by atoms with Crippen LogP contribution in [0.5, 0.6) is 5.75 Å². The van der Waals surface area contributed by atoms with Gasteiger partial charge in [-0.15, -0.1) is 0 Å². The summed E-state index contributed by atoms with van der Waals surface area (Å²) >= 11 is 0. The van der Waals surface area contributed by atoms with E-state index in [0.29, 0.717) is 33.8 Å². The molecule has 5 rings (SSSR count). The molecule has 1 atom stereocenters. The number of carbonyl (C=O) groups is 1. The fourth-order valence-corrected chi connectivity index (χ4v) is 5.97. The zero-order valence-electron chi connectivity index (χ0n) is 22.6. The summed E-state index contributed by atoms with van der Waals surface area (Å²) in [6.45, 7) is 9.90. The summed E-state index contributed by atoms with van der Waals surface area (Å²) in [5.41, 5.74) is 4.85. The maximum absolute atomic E-state index is 13.2. The highest BCUT2D eigenvalue weighted by Gasteiger charge is 2.34. The van der Waals surface area contributed by atoms with E-state index in [1.165, 1.54) is 35.3 Å². The second-order valence-corrected chi connectivity index (χ2v) is 11.5. The van der Waals surface area contributed by atoms with Crippen molar-refractivity contribution in [1.29, 1.82) is 0 Å². The largest absolute Gasteiger partial charge is 0.423 e. The van der Waals surface area contributed by atoms with Gasteiger partial charge < -0.3 is 4.74 Å². The van der Waals surface area contributed by atoms with Gasteiger partial charge in [-0.2, -0.15) is 13.2 Å². The molecule has 0 amide bonds. The number of halogens is 3. The molecule has 3 aromatic rings. The van der Waals surface area contributed by atoms with E-state index >= 15 is 0 Å². The number of carbonyl (C=O) groups excluding carboxylic acids is 1. The monoisotopic (exact) mass is 533 g/mol. The topological polar surface area (TPSA) is 29.5 Å². The van der Waals surface area contributed by atoms with Crippen LogP contribution in [0.15, 0.2) is 78.4 Å². The summed E-state index contributed by atoms with van der Waals surface area (Å²) < 4.78 is 44.7. The minimum absolute atomic E-state index is 0.299. The first-order valence-corrected chi connectivity index (χ1v) is 13.5. The molecule has 1 heterocycles. The lowest BCUT2D eigenvalue weighted by Gasteiger charge is -2.42. The third kappa shape index (κ3) is 5.96. The molecule has 0 saturated carbocycles. The molecular formula is C33H34F3NO2. The molecule has 1 aliphatic carbocycles. The quantitative estimate of drug-likeness (QED) is 0.188. The van der Waals surface area contributed by atoms with Crippen molar-refractivity contribution in [3.8, 4) is 16.9 Å². The standard InChI is InChI=1S/C33H34F3NO2/c1-22-7-6-17-32(2,3)30(22)21-37-18-16-24-19-27(15-12-25(24)20-37)39-31(38)29-9-5-4-8-28(29)23-10-13-26(14-11-23)33(34,35)36/h4-5,7-15,19,30H,6,16-18,20-21H2,1-3H3. The van der Waals surface area contributed by atoms with Crippen LogP contribution in [0.25, 0.3) is 11.1 Å². The fourth-order valence-electron chi connectivity index (χ4n) is 5.97. The van der Waals surface area contributed by atoms with Crippen molar-refractivity contribution in [2.24, 2.45) is 11.3 Å². The van der Waals surface area contributed by atoms with Crippen molar-refractivity contribution in [2.75, 3.05) is 13.1 Å². The van der Waals surface area contributed by atoms with Crippen LogP contribution in [0.2, 0.25) is 0 Å². The number of ether oxygens (including phenoxy) is 1. The van der Waals surface area contributed by atoms with Crippen molar-refractivity contribution in [3.05, 3.63) is 101 Å². The molecule has 6 heteroatoms. The summed E-state index contributed by atoms with van der Waals surface area (Å²) in [5, 5.41) is 0. The Morgan fingerprint density at radius 2 is 1.77 bits per heavy atom. The van der Waals surface area contributed by atoms with Gasteiger partial charge in [-0.05, 0) is 90.1 Å². The molecule has 0 saturated heterocycles. The Morgan fingerprint density at radius 1 is 1.03 bits per heavy atom. The molecule has 0 N–H and O–H groups in total. The van der Waals surface area contributed by atoms with Crippen LogP contribution in [0.1, 0.15) is 60.7 Å². The van der Waals surface area contributed by atoms with Crippen LogP contribution in [0.3, 0.4) is 0 Å². The van der Waals surface area contributed by atoms with Gasteiger partial charge >= 0.3 is 12.1 Å². The van der Waals surface area contributed by atoms with Crippen LogP contribution in [-0.4, -0.2) is 24.0 Å². The van der Waals surface area contributed by atoms with Crippen molar-refractivity contribution in [3.63, 3.8) is 0 Å². The zero-order valence-corrected chi connectivity index (χ0v) is 22.6. The first-order valence-electron chi connectivity index (χ1n) is 13.5. The second kappa shape index (κ2) is 10.6. The van der Waals surface area contributed by atoms with E-state index < -0.39 is 17.7 Å². The molecule has 1 unspecified atom stereocenters. The Kier molecular flexibility index (Phi) is 7.43. The maximum atomic E-state index is 13.2. The van der Waals surface area contributed by atoms with E-state index in [0.717, 1.165) is 44.6 Å². The van der Waals surface area contributed by atoms with Crippen LogP contribution in [0, 0.1) is 11.3 Å². The first kappa shape index (κ1) is 27.2. The van der Waals surface area contributed by atoms with E-state index in [1.807, 2.05) is 18.2 Å². The summed E-state index contributed by atoms with van der Waals surface area (Å²) in [6, 6.07) is 17.4. The number of hydrogen-bond donors (Lipinski definition) is 0. The number of esters is 1. The van der Waals surface area contributed by atoms with Crippen molar-refractivity contribution in [1.82, 2.24) is 4.90 Å². The summed E-state index contributed by atoms with van der Waals surface area (Å²) in [4.78, 5) is 15.7. The SMILES string of the molecule is CC1=CCCC(C)(C)C1CN1CCc2cc(OC(=O)c3ccccc3-c3ccc(C(F)(F)F)cc3)ccc2C1. The smallest absolute Gasteiger partial charge is 0.416 e. The van der Waals surface area contributed by atoms with E-state index in [2.05, 4.69) is 31.7 Å². The first-order chi connectivity index (χ1) is 18.5. The predicted molar refractivity (Wildman–Crippen MR) is 148 cm³/mol. The third-order valence-corrected chi connectivity index (χ3v) is 8.34. The van der Waals surface area contributed by atoms with Gasteiger partial charge in [0.15, 0.2) is 0 Å². The van der Waals surface area contributed by atoms with Crippen LogP contribution in [0.4, 0.5) is 13.2 Å². The number of nitrogens with zero attached hydrogens (tertiary/aromatic N) is 1.